The molecule has 0 N–H and O–H groups in total. The van der Waals surface area contributed by atoms with Gasteiger partial charge in [-0.15, -0.1) is 0 Å². The molecule has 0 aliphatic carbocycles. The van der Waals surface area contributed by atoms with Crippen LogP contribution in [0.25, 0.3) is 0 Å². The van der Waals surface area contributed by atoms with Crippen LogP contribution in [0.3, 0.4) is 0 Å². The van der Waals surface area contributed by atoms with Gasteiger partial charge < -0.3 is 9.42 Å². The summed E-state index contributed by atoms with van der Waals surface area (Å²) in [5, 5.41) is 0. The van der Waals surface area contributed by atoms with Gasteiger partial charge in [0.1, 0.15) is 0 Å². The summed E-state index contributed by atoms with van der Waals surface area (Å²) >= 11 is 4.83. The van der Waals surface area contributed by atoms with E-state index < -0.39 is 16.7 Å². The number of benzene rings is 1. The van der Waals surface area contributed by atoms with Crippen LogP contribution in [0.5, 0.6) is 0 Å². The fourth-order valence-corrected chi connectivity index (χ4v) is 6.23. The van der Waals surface area contributed by atoms with Crippen LogP contribution in [0, 0.1) is 6.92 Å². The average Bonchev–Trinajstić information content (AvgIpc) is 2.18. The van der Waals surface area contributed by atoms with Gasteiger partial charge in [-0.1, -0.05) is 30.0 Å². The molecule has 5 nitrogen and oxygen atoms in total. The number of hydrogen-bond donors (Lipinski definition) is 0. The molecule has 1 rings (SSSR count). The van der Waals surface area contributed by atoms with E-state index in [0.717, 1.165) is 6.26 Å². The summed E-state index contributed by atoms with van der Waals surface area (Å²) in [5.74, 6) is 0. The van der Waals surface area contributed by atoms with Gasteiger partial charge in [-0.2, -0.15) is 0 Å². The van der Waals surface area contributed by atoms with Crippen molar-refractivity contribution in [2.45, 2.75) is 13.8 Å². The van der Waals surface area contributed by atoms with Crippen molar-refractivity contribution in [3.8, 4) is 0 Å². The third-order valence-corrected chi connectivity index (χ3v) is 6.87. The van der Waals surface area contributed by atoms with E-state index in [1.165, 1.54) is 0 Å². The molecule has 0 saturated carbocycles. The molecule has 0 bridgehead atoms. The topological polar surface area (TPSA) is 69.7 Å². The second-order valence-electron chi connectivity index (χ2n) is 3.68. The SMILES string of the molecule is CCOP([O-])(=S)N(c1ccccc1C)S(C)(=O)=O.[K+]. The maximum Gasteiger partial charge on any atom is 1.00 e. The molecule has 0 aromatic heterocycles. The summed E-state index contributed by atoms with van der Waals surface area (Å²) in [6, 6.07) is 6.68. The first-order valence-electron chi connectivity index (χ1n) is 5.22. The molecule has 1 aromatic carbocycles. The summed E-state index contributed by atoms with van der Waals surface area (Å²) < 4.78 is 29.3. The van der Waals surface area contributed by atoms with Crippen molar-refractivity contribution in [3.63, 3.8) is 0 Å². The molecule has 9 heteroatoms. The van der Waals surface area contributed by atoms with E-state index in [-0.39, 0.29) is 63.7 Å². The fraction of sp³-hybridized carbons (Fsp3) is 0.400. The van der Waals surface area contributed by atoms with Crippen molar-refractivity contribution in [1.82, 2.24) is 0 Å². The molecule has 0 heterocycles. The average molecular weight is 347 g/mol. The van der Waals surface area contributed by atoms with Crippen LogP contribution in [0.1, 0.15) is 12.5 Å². The second-order valence-corrected chi connectivity index (χ2v) is 8.76. The molecule has 1 atom stereocenters. The predicted octanol–water partition coefficient (Wildman–Crippen LogP) is -1.61. The second kappa shape index (κ2) is 7.98. The van der Waals surface area contributed by atoms with Gasteiger partial charge in [-0.05, 0) is 25.5 Å². The molecule has 0 saturated heterocycles. The Morgan fingerprint density at radius 1 is 1.42 bits per heavy atom. The summed E-state index contributed by atoms with van der Waals surface area (Å²) in [4.78, 5) is 12.3. The minimum Gasteiger partial charge on any atom is -0.784 e. The number of aryl methyl sites for hydroxylation is 1. The summed E-state index contributed by atoms with van der Waals surface area (Å²) in [6.45, 7) is -0.437. The van der Waals surface area contributed by atoms with Gasteiger partial charge in [0, 0.05) is 6.61 Å². The molecular formula is C10H15KNO4PS2. The van der Waals surface area contributed by atoms with E-state index in [0.29, 0.717) is 9.64 Å². The zero-order valence-corrected chi connectivity index (χ0v) is 17.0. The van der Waals surface area contributed by atoms with Gasteiger partial charge in [0.05, 0.1) is 18.6 Å². The van der Waals surface area contributed by atoms with Crippen molar-refractivity contribution in [2.24, 2.45) is 0 Å². The van der Waals surface area contributed by atoms with E-state index in [1.807, 2.05) is 0 Å². The van der Waals surface area contributed by atoms with Crippen molar-refractivity contribution in [2.75, 3.05) is 16.9 Å². The quantitative estimate of drug-likeness (QED) is 0.473. The Morgan fingerprint density at radius 2 is 1.95 bits per heavy atom. The Labute approximate surface area is 162 Å². The van der Waals surface area contributed by atoms with E-state index in [1.54, 1.807) is 38.1 Å². The third kappa shape index (κ3) is 5.46. The molecule has 0 radical (unpaired) electrons. The first-order valence-corrected chi connectivity index (χ1v) is 9.66. The van der Waals surface area contributed by atoms with Crippen LogP contribution in [0.4, 0.5) is 5.69 Å². The number of rotatable bonds is 5. The monoisotopic (exact) mass is 347 g/mol. The van der Waals surface area contributed by atoms with Crippen molar-refractivity contribution < 1.29 is 69.2 Å². The van der Waals surface area contributed by atoms with Gasteiger partial charge in [-0.3, -0.25) is 0 Å². The predicted molar refractivity (Wildman–Crippen MR) is 74.4 cm³/mol. The zero-order valence-electron chi connectivity index (χ0n) is 11.4. The van der Waals surface area contributed by atoms with Crippen LogP contribution >= 0.6 is 6.64 Å². The number of para-hydroxylation sites is 1. The Balaban J connectivity index is 0.00000324. The number of sulfonamides is 1. The van der Waals surface area contributed by atoms with E-state index in [4.69, 9.17) is 16.3 Å². The van der Waals surface area contributed by atoms with E-state index >= 15 is 0 Å². The number of nitrogens with zero attached hydrogens (tertiary/aromatic N) is 1. The zero-order chi connectivity index (χ0) is 14.0. The van der Waals surface area contributed by atoms with Crippen molar-refractivity contribution in [3.05, 3.63) is 29.8 Å². The first-order chi connectivity index (χ1) is 8.20. The van der Waals surface area contributed by atoms with Crippen LogP contribution in [0.2, 0.25) is 0 Å². The third-order valence-electron chi connectivity index (χ3n) is 2.15. The Hall–Kier alpha value is 1.18. The number of anilines is 1. The summed E-state index contributed by atoms with van der Waals surface area (Å²) in [7, 11) is -3.78. The van der Waals surface area contributed by atoms with Gasteiger partial charge in [0.25, 0.3) is 0 Å². The minimum absolute atomic E-state index is 0. The van der Waals surface area contributed by atoms with Gasteiger partial charge in [0.15, 0.2) is 0 Å². The molecule has 0 spiro atoms. The molecule has 1 aromatic rings. The van der Waals surface area contributed by atoms with Gasteiger partial charge >= 0.3 is 51.4 Å². The van der Waals surface area contributed by atoms with Crippen LogP contribution in [0.15, 0.2) is 24.3 Å². The Morgan fingerprint density at radius 3 is 2.37 bits per heavy atom. The summed E-state index contributed by atoms with van der Waals surface area (Å²) in [6.07, 6.45) is 0.956. The fourth-order valence-electron chi connectivity index (χ4n) is 1.49. The molecule has 1 unspecified atom stereocenters. The first kappa shape index (κ1) is 20.2. The maximum absolute atomic E-state index is 12.3. The molecule has 0 fully saturated rings. The molecular weight excluding hydrogens is 332 g/mol. The van der Waals surface area contributed by atoms with Gasteiger partial charge in [-0.25, -0.2) is 12.5 Å². The molecule has 0 amide bonds. The van der Waals surface area contributed by atoms with E-state index in [9.17, 15) is 13.3 Å². The van der Waals surface area contributed by atoms with Crippen LogP contribution < -0.4 is 60.4 Å². The smallest absolute Gasteiger partial charge is 0.784 e. The molecule has 0 aliphatic rings. The van der Waals surface area contributed by atoms with Crippen molar-refractivity contribution in [1.29, 1.82) is 0 Å². The maximum atomic E-state index is 12.3. The Bertz CT molecular complexity index is 579. The molecule has 102 valence electrons. The minimum atomic E-state index is -3.84. The normalized spacial score (nSPS) is 14.3. The van der Waals surface area contributed by atoms with Crippen molar-refractivity contribution >= 4 is 34.2 Å². The summed E-state index contributed by atoms with van der Waals surface area (Å²) in [5.41, 5.74) is 0.944. The van der Waals surface area contributed by atoms with Crippen LogP contribution in [-0.4, -0.2) is 21.3 Å². The molecule has 19 heavy (non-hydrogen) atoms. The largest absolute Gasteiger partial charge is 1.00 e. The molecule has 0 aliphatic heterocycles. The van der Waals surface area contributed by atoms with Crippen LogP contribution in [-0.2, 0) is 26.4 Å². The number of hydrogen-bond acceptors (Lipinski definition) is 5. The van der Waals surface area contributed by atoms with Gasteiger partial charge in [0.2, 0.25) is 10.0 Å². The standard InChI is InChI=1S/C10H16NO4PS2.K/c1-4-15-16(12,17)11(18(3,13)14)10-8-6-5-7-9(10)2;/h5-8H,4H2,1-3H3,(H,12,17);/q;+1/p-1. The van der Waals surface area contributed by atoms with E-state index in [2.05, 4.69) is 0 Å². The Kier molecular flexibility index (Phi) is 8.47.